The molecule has 0 saturated carbocycles. The summed E-state index contributed by atoms with van der Waals surface area (Å²) >= 11 is 0. The Morgan fingerprint density at radius 3 is 2.67 bits per heavy atom. The van der Waals surface area contributed by atoms with E-state index in [1.165, 1.54) is 0 Å². The molecule has 0 fully saturated rings. The third kappa shape index (κ3) is 5.58. The van der Waals surface area contributed by atoms with Crippen LogP contribution < -0.4 is 0 Å². The Hall–Kier alpha value is -2.45. The number of hydrogen-bond donors (Lipinski definition) is 0. The van der Waals surface area contributed by atoms with E-state index >= 15 is 0 Å². The van der Waals surface area contributed by atoms with Crippen molar-refractivity contribution in [3.8, 4) is 23.7 Å². The van der Waals surface area contributed by atoms with Gasteiger partial charge in [0.15, 0.2) is 0 Å². The Balaban J connectivity index is 2.30. The zero-order valence-corrected chi connectivity index (χ0v) is 10.3. The SMILES string of the molecule is C=C(C)C(=O)OCCC#CC#Cc1ccccc1. The van der Waals surface area contributed by atoms with Crippen LogP contribution in [0.2, 0.25) is 0 Å². The lowest BCUT2D eigenvalue weighted by Gasteiger charge is -1.99. The average molecular weight is 238 g/mol. The van der Waals surface area contributed by atoms with Gasteiger partial charge >= 0.3 is 5.97 Å². The van der Waals surface area contributed by atoms with E-state index < -0.39 is 0 Å². The van der Waals surface area contributed by atoms with Gasteiger partial charge in [0.2, 0.25) is 0 Å². The first kappa shape index (κ1) is 13.6. The van der Waals surface area contributed by atoms with Crippen LogP contribution in [0.25, 0.3) is 0 Å². The van der Waals surface area contributed by atoms with Gasteiger partial charge in [-0.1, -0.05) is 36.6 Å². The van der Waals surface area contributed by atoms with Crippen LogP contribution in [0.4, 0.5) is 0 Å². The highest BCUT2D eigenvalue weighted by Crippen LogP contribution is 1.94. The second kappa shape index (κ2) is 7.76. The van der Waals surface area contributed by atoms with E-state index in [0.717, 1.165) is 5.56 Å². The Morgan fingerprint density at radius 2 is 2.00 bits per heavy atom. The van der Waals surface area contributed by atoms with Gasteiger partial charge < -0.3 is 4.74 Å². The molecule has 0 N–H and O–H groups in total. The van der Waals surface area contributed by atoms with Crippen molar-refractivity contribution in [2.24, 2.45) is 0 Å². The van der Waals surface area contributed by atoms with Crippen molar-refractivity contribution in [3.63, 3.8) is 0 Å². The van der Waals surface area contributed by atoms with Gasteiger partial charge in [0.25, 0.3) is 0 Å². The van der Waals surface area contributed by atoms with Crippen LogP contribution in [-0.2, 0) is 9.53 Å². The van der Waals surface area contributed by atoms with E-state index in [1.807, 2.05) is 30.3 Å². The molecule has 0 aliphatic carbocycles. The minimum Gasteiger partial charge on any atom is -0.461 e. The van der Waals surface area contributed by atoms with Gasteiger partial charge in [0, 0.05) is 17.6 Å². The molecule has 0 amide bonds. The summed E-state index contributed by atoms with van der Waals surface area (Å²) in [5.41, 5.74) is 1.33. The fourth-order valence-corrected chi connectivity index (χ4v) is 1.05. The van der Waals surface area contributed by atoms with E-state index in [9.17, 15) is 4.79 Å². The van der Waals surface area contributed by atoms with Crippen molar-refractivity contribution in [2.75, 3.05) is 6.61 Å². The Kier molecular flexibility index (Phi) is 5.87. The van der Waals surface area contributed by atoms with Crippen LogP contribution in [0, 0.1) is 23.7 Å². The van der Waals surface area contributed by atoms with Crippen molar-refractivity contribution in [3.05, 3.63) is 48.0 Å². The molecule has 0 radical (unpaired) electrons. The van der Waals surface area contributed by atoms with Gasteiger partial charge in [0.1, 0.15) is 6.61 Å². The number of rotatable bonds is 3. The molecule has 0 bridgehead atoms. The van der Waals surface area contributed by atoms with E-state index in [0.29, 0.717) is 12.0 Å². The fraction of sp³-hybridized carbons (Fsp3) is 0.188. The van der Waals surface area contributed by atoms with Gasteiger partial charge in [-0.15, -0.1) is 0 Å². The molecule has 2 nitrogen and oxygen atoms in total. The van der Waals surface area contributed by atoms with Gasteiger partial charge in [0.05, 0.1) is 0 Å². The first-order valence-corrected chi connectivity index (χ1v) is 5.56. The predicted octanol–water partition coefficient (Wildman–Crippen LogP) is 2.55. The molecule has 0 unspecified atom stereocenters. The first-order chi connectivity index (χ1) is 8.70. The maximum absolute atomic E-state index is 11.0. The largest absolute Gasteiger partial charge is 0.461 e. The summed E-state index contributed by atoms with van der Waals surface area (Å²) in [6, 6.07) is 9.63. The van der Waals surface area contributed by atoms with Crippen molar-refractivity contribution in [1.82, 2.24) is 0 Å². The molecule has 0 aliphatic heterocycles. The highest BCUT2D eigenvalue weighted by atomic mass is 16.5. The highest BCUT2D eigenvalue weighted by Gasteiger charge is 2.00. The molecular formula is C16H14O2. The van der Waals surface area contributed by atoms with E-state index in [1.54, 1.807) is 6.92 Å². The maximum atomic E-state index is 11.0. The van der Waals surface area contributed by atoms with Crippen LogP contribution in [0.3, 0.4) is 0 Å². The number of esters is 1. The van der Waals surface area contributed by atoms with Crippen LogP contribution >= 0.6 is 0 Å². The zero-order valence-electron chi connectivity index (χ0n) is 10.3. The summed E-state index contributed by atoms with van der Waals surface area (Å²) in [5, 5.41) is 0. The molecule has 1 aromatic carbocycles. The fourth-order valence-electron chi connectivity index (χ4n) is 1.05. The predicted molar refractivity (Wildman–Crippen MR) is 71.5 cm³/mol. The van der Waals surface area contributed by atoms with E-state index in [2.05, 4.69) is 30.3 Å². The summed E-state index contributed by atoms with van der Waals surface area (Å²) in [6.07, 6.45) is 0.475. The van der Waals surface area contributed by atoms with E-state index in [-0.39, 0.29) is 12.6 Å². The standard InChI is InChI=1S/C16H14O2/c1-14(2)16(17)18-13-9-4-3-6-10-15-11-7-5-8-12-15/h5,7-8,11-12H,1,9,13H2,2H3. The summed E-state index contributed by atoms with van der Waals surface area (Å²) in [7, 11) is 0. The molecule has 0 aliphatic rings. The zero-order chi connectivity index (χ0) is 13.2. The van der Waals surface area contributed by atoms with Gasteiger partial charge in [-0.2, -0.15) is 0 Å². The molecule has 1 aromatic rings. The minimum atomic E-state index is -0.382. The Morgan fingerprint density at radius 1 is 1.28 bits per heavy atom. The monoisotopic (exact) mass is 238 g/mol. The molecule has 0 atom stereocenters. The van der Waals surface area contributed by atoms with Crippen molar-refractivity contribution >= 4 is 5.97 Å². The molecule has 18 heavy (non-hydrogen) atoms. The van der Waals surface area contributed by atoms with Crippen LogP contribution in [0.15, 0.2) is 42.5 Å². The van der Waals surface area contributed by atoms with Crippen LogP contribution in [0.1, 0.15) is 18.9 Å². The van der Waals surface area contributed by atoms with Crippen molar-refractivity contribution < 1.29 is 9.53 Å². The second-order valence-electron chi connectivity index (χ2n) is 3.58. The van der Waals surface area contributed by atoms with Gasteiger partial charge in [-0.05, 0) is 30.9 Å². The highest BCUT2D eigenvalue weighted by molar-refractivity contribution is 5.86. The lowest BCUT2D eigenvalue weighted by molar-refractivity contribution is -0.138. The summed E-state index contributed by atoms with van der Waals surface area (Å²) in [6.45, 7) is 5.36. The number of carbonyl (C=O) groups is 1. The Bertz CT molecular complexity index is 533. The molecule has 0 heterocycles. The third-order valence-corrected chi connectivity index (χ3v) is 1.94. The molecule has 0 spiro atoms. The van der Waals surface area contributed by atoms with Crippen LogP contribution in [0.5, 0.6) is 0 Å². The topological polar surface area (TPSA) is 26.3 Å². The van der Waals surface area contributed by atoms with Crippen molar-refractivity contribution in [1.29, 1.82) is 0 Å². The molecule has 1 rings (SSSR count). The second-order valence-corrected chi connectivity index (χ2v) is 3.58. The summed E-state index contributed by atoms with van der Waals surface area (Å²) in [4.78, 5) is 11.0. The molecular weight excluding hydrogens is 224 g/mol. The molecule has 90 valence electrons. The molecule has 2 heteroatoms. The smallest absolute Gasteiger partial charge is 0.333 e. The quantitative estimate of drug-likeness (QED) is 0.350. The normalized spacial score (nSPS) is 8.28. The lowest BCUT2D eigenvalue weighted by Crippen LogP contribution is -2.05. The van der Waals surface area contributed by atoms with Crippen molar-refractivity contribution in [2.45, 2.75) is 13.3 Å². The first-order valence-electron chi connectivity index (χ1n) is 5.56. The number of hydrogen-bond acceptors (Lipinski definition) is 2. The summed E-state index contributed by atoms with van der Waals surface area (Å²) < 4.78 is 4.88. The maximum Gasteiger partial charge on any atom is 0.333 e. The Labute approximate surface area is 108 Å². The van der Waals surface area contributed by atoms with Crippen LogP contribution in [-0.4, -0.2) is 12.6 Å². The van der Waals surface area contributed by atoms with Gasteiger partial charge in [-0.3, -0.25) is 0 Å². The number of ether oxygens (including phenoxy) is 1. The lowest BCUT2D eigenvalue weighted by atomic mass is 10.2. The molecule has 0 saturated heterocycles. The third-order valence-electron chi connectivity index (χ3n) is 1.94. The number of benzene rings is 1. The molecule has 0 aromatic heterocycles. The minimum absolute atomic E-state index is 0.270. The van der Waals surface area contributed by atoms with E-state index in [4.69, 9.17) is 4.74 Å². The summed E-state index contributed by atoms with van der Waals surface area (Å²) in [5.74, 6) is 10.8. The number of carbonyl (C=O) groups excluding carboxylic acids is 1. The average Bonchev–Trinajstić information content (AvgIpc) is 2.38. The van der Waals surface area contributed by atoms with Gasteiger partial charge in [-0.25, -0.2) is 4.79 Å².